The Labute approximate surface area is 118 Å². The van der Waals surface area contributed by atoms with Crippen molar-refractivity contribution in [2.45, 2.75) is 25.6 Å². The van der Waals surface area contributed by atoms with Crippen molar-refractivity contribution in [2.75, 3.05) is 6.61 Å². The number of hydrogen-bond acceptors (Lipinski definition) is 3. The van der Waals surface area contributed by atoms with Gasteiger partial charge in [0, 0.05) is 6.42 Å². The largest absolute Gasteiger partial charge is 0.490 e. The van der Waals surface area contributed by atoms with Gasteiger partial charge in [0.2, 0.25) is 0 Å². The van der Waals surface area contributed by atoms with Crippen LogP contribution in [0.15, 0.2) is 48.5 Å². The van der Waals surface area contributed by atoms with Crippen LogP contribution in [0.25, 0.3) is 0 Å². The lowest BCUT2D eigenvalue weighted by molar-refractivity contribution is 0.148. The van der Waals surface area contributed by atoms with Crippen molar-refractivity contribution in [3.8, 4) is 11.5 Å². The first-order valence-corrected chi connectivity index (χ1v) is 6.88. The highest BCUT2D eigenvalue weighted by atomic mass is 16.5. The smallest absolute Gasteiger partial charge is 0.137 e. The molecule has 0 spiro atoms. The molecule has 0 bridgehead atoms. The topological polar surface area (TPSA) is 38.7 Å². The number of aliphatic hydroxyl groups excluding tert-OH is 1. The molecule has 2 aromatic rings. The SMILES string of the molecule is CC(O)c1ccc(OCC2Cc3ccccc3O2)cc1. The zero-order valence-electron chi connectivity index (χ0n) is 11.5. The summed E-state index contributed by atoms with van der Waals surface area (Å²) in [5.41, 5.74) is 2.13. The van der Waals surface area contributed by atoms with Gasteiger partial charge in [0.15, 0.2) is 0 Å². The van der Waals surface area contributed by atoms with Crippen molar-refractivity contribution in [1.29, 1.82) is 0 Å². The van der Waals surface area contributed by atoms with Crippen LogP contribution in [-0.4, -0.2) is 17.8 Å². The Bertz CT molecular complexity index is 550. The maximum atomic E-state index is 9.46. The van der Waals surface area contributed by atoms with E-state index < -0.39 is 6.10 Å². The minimum absolute atomic E-state index is 0.0730. The minimum atomic E-state index is -0.447. The van der Waals surface area contributed by atoms with Gasteiger partial charge in [-0.2, -0.15) is 0 Å². The zero-order valence-corrected chi connectivity index (χ0v) is 11.5. The second-order valence-electron chi connectivity index (χ2n) is 5.11. The van der Waals surface area contributed by atoms with E-state index in [-0.39, 0.29) is 6.10 Å². The Morgan fingerprint density at radius 3 is 2.65 bits per heavy atom. The van der Waals surface area contributed by atoms with Gasteiger partial charge in [-0.15, -0.1) is 0 Å². The van der Waals surface area contributed by atoms with E-state index in [1.54, 1.807) is 6.92 Å². The quantitative estimate of drug-likeness (QED) is 0.927. The van der Waals surface area contributed by atoms with E-state index in [0.717, 1.165) is 23.5 Å². The molecule has 0 fully saturated rings. The highest BCUT2D eigenvalue weighted by Crippen LogP contribution is 2.28. The predicted molar refractivity (Wildman–Crippen MR) is 77.1 cm³/mol. The average molecular weight is 270 g/mol. The summed E-state index contributed by atoms with van der Waals surface area (Å²) < 4.78 is 11.6. The van der Waals surface area contributed by atoms with Crippen LogP contribution in [0.4, 0.5) is 0 Å². The third-order valence-corrected chi connectivity index (χ3v) is 3.51. The van der Waals surface area contributed by atoms with Crippen molar-refractivity contribution in [3.05, 3.63) is 59.7 Å². The van der Waals surface area contributed by atoms with E-state index in [4.69, 9.17) is 9.47 Å². The fraction of sp³-hybridized carbons (Fsp3) is 0.294. The molecule has 0 saturated carbocycles. The molecule has 2 atom stereocenters. The minimum Gasteiger partial charge on any atom is -0.490 e. The molecule has 3 heteroatoms. The number of aliphatic hydroxyl groups is 1. The van der Waals surface area contributed by atoms with Crippen molar-refractivity contribution < 1.29 is 14.6 Å². The van der Waals surface area contributed by atoms with E-state index in [9.17, 15) is 5.11 Å². The highest BCUT2D eigenvalue weighted by molar-refractivity contribution is 5.37. The van der Waals surface area contributed by atoms with Gasteiger partial charge in [-0.1, -0.05) is 30.3 Å². The van der Waals surface area contributed by atoms with Gasteiger partial charge in [-0.3, -0.25) is 0 Å². The summed E-state index contributed by atoms with van der Waals surface area (Å²) >= 11 is 0. The Hall–Kier alpha value is -2.00. The van der Waals surface area contributed by atoms with Gasteiger partial charge in [0.25, 0.3) is 0 Å². The fourth-order valence-electron chi connectivity index (χ4n) is 2.38. The van der Waals surface area contributed by atoms with Crippen LogP contribution in [-0.2, 0) is 6.42 Å². The van der Waals surface area contributed by atoms with Crippen LogP contribution in [0.5, 0.6) is 11.5 Å². The van der Waals surface area contributed by atoms with Gasteiger partial charge in [0.05, 0.1) is 6.10 Å². The fourth-order valence-corrected chi connectivity index (χ4v) is 2.38. The van der Waals surface area contributed by atoms with Gasteiger partial charge < -0.3 is 14.6 Å². The average Bonchev–Trinajstić information content (AvgIpc) is 2.88. The molecule has 104 valence electrons. The Balaban J connectivity index is 1.56. The van der Waals surface area contributed by atoms with E-state index in [2.05, 4.69) is 6.07 Å². The molecule has 0 aliphatic carbocycles. The third kappa shape index (κ3) is 2.78. The first-order chi connectivity index (χ1) is 9.72. The number of hydrogen-bond donors (Lipinski definition) is 1. The van der Waals surface area contributed by atoms with Crippen molar-refractivity contribution in [2.24, 2.45) is 0 Å². The van der Waals surface area contributed by atoms with Crippen molar-refractivity contribution in [1.82, 2.24) is 0 Å². The van der Waals surface area contributed by atoms with E-state index in [1.807, 2.05) is 42.5 Å². The lowest BCUT2D eigenvalue weighted by atomic mass is 10.1. The first kappa shape index (κ1) is 13.0. The van der Waals surface area contributed by atoms with Crippen LogP contribution in [0, 0.1) is 0 Å². The Morgan fingerprint density at radius 2 is 1.95 bits per heavy atom. The molecular weight excluding hydrogens is 252 g/mol. The summed E-state index contributed by atoms with van der Waals surface area (Å²) in [6.45, 7) is 2.28. The van der Waals surface area contributed by atoms with Crippen LogP contribution in [0.1, 0.15) is 24.2 Å². The third-order valence-electron chi connectivity index (χ3n) is 3.51. The standard InChI is InChI=1S/C17H18O3/c1-12(18)13-6-8-15(9-7-13)19-11-16-10-14-4-2-3-5-17(14)20-16/h2-9,12,16,18H,10-11H2,1H3. The summed E-state index contributed by atoms with van der Waals surface area (Å²) in [5, 5.41) is 9.46. The van der Waals surface area contributed by atoms with Crippen LogP contribution < -0.4 is 9.47 Å². The van der Waals surface area contributed by atoms with Gasteiger partial charge >= 0.3 is 0 Å². The van der Waals surface area contributed by atoms with Crippen LogP contribution >= 0.6 is 0 Å². The van der Waals surface area contributed by atoms with Crippen molar-refractivity contribution in [3.63, 3.8) is 0 Å². The maximum Gasteiger partial charge on any atom is 0.137 e. The van der Waals surface area contributed by atoms with Crippen LogP contribution in [0.2, 0.25) is 0 Å². The molecule has 0 amide bonds. The molecular formula is C17H18O3. The highest BCUT2D eigenvalue weighted by Gasteiger charge is 2.22. The number of para-hydroxylation sites is 1. The van der Waals surface area contributed by atoms with Crippen LogP contribution in [0.3, 0.4) is 0 Å². The lowest BCUT2D eigenvalue weighted by Crippen LogP contribution is -2.22. The van der Waals surface area contributed by atoms with E-state index >= 15 is 0 Å². The van der Waals surface area contributed by atoms with Gasteiger partial charge in [-0.25, -0.2) is 0 Å². The lowest BCUT2D eigenvalue weighted by Gasteiger charge is -2.13. The molecule has 1 aliphatic rings. The Morgan fingerprint density at radius 1 is 1.20 bits per heavy atom. The number of benzene rings is 2. The maximum absolute atomic E-state index is 9.46. The second-order valence-corrected chi connectivity index (χ2v) is 5.11. The summed E-state index contributed by atoms with van der Waals surface area (Å²) in [6.07, 6.45) is 0.516. The zero-order chi connectivity index (χ0) is 13.9. The van der Waals surface area contributed by atoms with Crippen molar-refractivity contribution >= 4 is 0 Å². The van der Waals surface area contributed by atoms with E-state index in [0.29, 0.717) is 6.61 Å². The molecule has 1 N–H and O–H groups in total. The number of fused-ring (bicyclic) bond motifs is 1. The molecule has 2 aromatic carbocycles. The molecule has 0 aromatic heterocycles. The molecule has 1 heterocycles. The molecule has 3 nitrogen and oxygen atoms in total. The molecule has 20 heavy (non-hydrogen) atoms. The molecule has 0 radical (unpaired) electrons. The van der Waals surface area contributed by atoms with Gasteiger partial charge in [-0.05, 0) is 36.2 Å². The first-order valence-electron chi connectivity index (χ1n) is 6.88. The second kappa shape index (κ2) is 5.55. The molecule has 0 saturated heterocycles. The summed E-state index contributed by atoms with van der Waals surface area (Å²) in [7, 11) is 0. The normalized spacial score (nSPS) is 18.2. The van der Waals surface area contributed by atoms with E-state index in [1.165, 1.54) is 5.56 Å². The summed E-state index contributed by atoms with van der Waals surface area (Å²) in [5.74, 6) is 1.76. The molecule has 2 unspecified atom stereocenters. The Kier molecular flexibility index (Phi) is 3.61. The van der Waals surface area contributed by atoms with Gasteiger partial charge in [0.1, 0.15) is 24.2 Å². The number of ether oxygens (including phenoxy) is 2. The summed E-state index contributed by atoms with van der Waals surface area (Å²) in [6, 6.07) is 15.6. The number of rotatable bonds is 4. The molecule has 1 aliphatic heterocycles. The predicted octanol–water partition coefficient (Wildman–Crippen LogP) is 3.12. The monoisotopic (exact) mass is 270 g/mol. The summed E-state index contributed by atoms with van der Waals surface area (Å²) in [4.78, 5) is 0. The molecule has 3 rings (SSSR count).